The monoisotopic (exact) mass is 313 g/mol. The molecule has 0 aliphatic rings. The highest BCUT2D eigenvalue weighted by molar-refractivity contribution is 5.28. The van der Waals surface area contributed by atoms with Gasteiger partial charge in [0.25, 0.3) is 0 Å². The molecule has 124 valence electrons. The summed E-state index contributed by atoms with van der Waals surface area (Å²) in [6.07, 6.45) is 0.801. The van der Waals surface area contributed by atoms with E-state index in [-0.39, 0.29) is 11.6 Å². The highest BCUT2D eigenvalue weighted by Gasteiger charge is 2.13. The summed E-state index contributed by atoms with van der Waals surface area (Å²) in [7, 11) is 0. The van der Waals surface area contributed by atoms with Gasteiger partial charge in [0.05, 0.1) is 12.2 Å². The summed E-state index contributed by atoms with van der Waals surface area (Å²) >= 11 is 0. The summed E-state index contributed by atoms with van der Waals surface area (Å²) in [4.78, 5) is 0. The average molecular weight is 313 g/mol. The standard InChI is InChI=1S/C20H27NO2/c1-20(2,3)23-15-18(21)13-16-9-11-19(12-10-16)22-14-17-7-5-4-6-8-17/h4-12,18H,13-15,21H2,1-3H3. The molecular formula is C20H27NO2. The minimum atomic E-state index is -0.146. The Bertz CT molecular complexity index is 573. The maximum atomic E-state index is 6.13. The van der Waals surface area contributed by atoms with Crippen molar-refractivity contribution in [2.75, 3.05) is 6.61 Å². The number of benzene rings is 2. The smallest absolute Gasteiger partial charge is 0.119 e. The fourth-order valence-electron chi connectivity index (χ4n) is 2.18. The van der Waals surface area contributed by atoms with Crippen LogP contribution >= 0.6 is 0 Å². The normalized spacial score (nSPS) is 12.9. The maximum absolute atomic E-state index is 6.13. The molecule has 3 nitrogen and oxygen atoms in total. The van der Waals surface area contributed by atoms with Crippen molar-refractivity contribution in [3.63, 3.8) is 0 Å². The first-order chi connectivity index (χ1) is 10.9. The molecule has 2 aromatic rings. The van der Waals surface area contributed by atoms with Crippen molar-refractivity contribution < 1.29 is 9.47 Å². The Morgan fingerprint density at radius 3 is 2.17 bits per heavy atom. The van der Waals surface area contributed by atoms with Crippen LogP contribution in [-0.4, -0.2) is 18.2 Å². The van der Waals surface area contributed by atoms with Gasteiger partial charge in [-0.15, -0.1) is 0 Å². The molecule has 3 heteroatoms. The van der Waals surface area contributed by atoms with Crippen LogP contribution in [0.2, 0.25) is 0 Å². The van der Waals surface area contributed by atoms with Gasteiger partial charge in [0, 0.05) is 6.04 Å². The first kappa shape index (κ1) is 17.5. The molecule has 0 radical (unpaired) electrons. The van der Waals surface area contributed by atoms with E-state index in [4.69, 9.17) is 15.2 Å². The van der Waals surface area contributed by atoms with Crippen molar-refractivity contribution in [3.05, 3.63) is 65.7 Å². The van der Waals surface area contributed by atoms with Crippen LogP contribution in [0.5, 0.6) is 5.75 Å². The molecule has 0 heterocycles. The van der Waals surface area contributed by atoms with E-state index in [1.54, 1.807) is 0 Å². The van der Waals surface area contributed by atoms with Crippen LogP contribution < -0.4 is 10.5 Å². The van der Waals surface area contributed by atoms with Gasteiger partial charge >= 0.3 is 0 Å². The number of nitrogens with two attached hydrogens (primary N) is 1. The van der Waals surface area contributed by atoms with Gasteiger partial charge in [-0.05, 0) is 50.5 Å². The molecular weight excluding hydrogens is 286 g/mol. The lowest BCUT2D eigenvalue weighted by atomic mass is 10.1. The Balaban J connectivity index is 1.80. The van der Waals surface area contributed by atoms with Gasteiger partial charge in [-0.3, -0.25) is 0 Å². The molecule has 0 spiro atoms. The van der Waals surface area contributed by atoms with E-state index in [0.29, 0.717) is 13.2 Å². The van der Waals surface area contributed by atoms with Gasteiger partial charge in [-0.1, -0.05) is 42.5 Å². The van der Waals surface area contributed by atoms with Gasteiger partial charge in [0.1, 0.15) is 12.4 Å². The Morgan fingerprint density at radius 2 is 1.57 bits per heavy atom. The quantitative estimate of drug-likeness (QED) is 0.842. The largest absolute Gasteiger partial charge is 0.489 e. The molecule has 0 saturated carbocycles. The molecule has 2 rings (SSSR count). The summed E-state index contributed by atoms with van der Waals surface area (Å²) in [5.74, 6) is 0.872. The number of hydrogen-bond acceptors (Lipinski definition) is 3. The topological polar surface area (TPSA) is 44.5 Å². The molecule has 0 aliphatic carbocycles. The predicted octanol–water partition coefficient (Wildman–Crippen LogP) is 3.95. The molecule has 0 saturated heterocycles. The van der Waals surface area contributed by atoms with Crippen molar-refractivity contribution >= 4 is 0 Å². The Morgan fingerprint density at radius 1 is 0.913 bits per heavy atom. The van der Waals surface area contributed by atoms with Crippen LogP contribution in [0.25, 0.3) is 0 Å². The van der Waals surface area contributed by atoms with Crippen molar-refractivity contribution in [3.8, 4) is 5.75 Å². The van der Waals surface area contributed by atoms with Crippen molar-refractivity contribution in [2.24, 2.45) is 5.73 Å². The van der Waals surface area contributed by atoms with E-state index < -0.39 is 0 Å². The zero-order chi connectivity index (χ0) is 16.7. The fraction of sp³-hybridized carbons (Fsp3) is 0.400. The molecule has 0 amide bonds. The molecule has 2 aromatic carbocycles. The van der Waals surface area contributed by atoms with E-state index >= 15 is 0 Å². The van der Waals surface area contributed by atoms with E-state index in [1.807, 2.05) is 51.1 Å². The molecule has 2 N–H and O–H groups in total. The van der Waals surface area contributed by atoms with Crippen LogP contribution in [-0.2, 0) is 17.8 Å². The Kier molecular flexibility index (Phi) is 6.20. The molecule has 0 fully saturated rings. The SMILES string of the molecule is CC(C)(C)OCC(N)Cc1ccc(OCc2ccccc2)cc1. The first-order valence-electron chi connectivity index (χ1n) is 8.07. The highest BCUT2D eigenvalue weighted by atomic mass is 16.5. The van der Waals surface area contributed by atoms with Crippen molar-refractivity contribution in [1.29, 1.82) is 0 Å². The molecule has 0 aliphatic heterocycles. The average Bonchev–Trinajstić information content (AvgIpc) is 2.53. The predicted molar refractivity (Wildman–Crippen MR) is 94.6 cm³/mol. The second kappa shape index (κ2) is 8.14. The van der Waals surface area contributed by atoms with E-state index in [1.165, 1.54) is 5.56 Å². The molecule has 0 aromatic heterocycles. The minimum Gasteiger partial charge on any atom is -0.489 e. The second-order valence-electron chi connectivity index (χ2n) is 6.81. The molecule has 1 unspecified atom stereocenters. The van der Waals surface area contributed by atoms with Crippen LogP contribution in [0.15, 0.2) is 54.6 Å². The van der Waals surface area contributed by atoms with Crippen LogP contribution in [0, 0.1) is 0 Å². The van der Waals surface area contributed by atoms with Gasteiger partial charge in [0.2, 0.25) is 0 Å². The Labute approximate surface area is 139 Å². The van der Waals surface area contributed by atoms with Crippen molar-refractivity contribution in [1.82, 2.24) is 0 Å². The third-order valence-corrected chi connectivity index (χ3v) is 3.40. The zero-order valence-electron chi connectivity index (χ0n) is 14.3. The van der Waals surface area contributed by atoms with Gasteiger partial charge < -0.3 is 15.2 Å². The number of hydrogen-bond donors (Lipinski definition) is 1. The summed E-state index contributed by atoms with van der Waals surface area (Å²) < 4.78 is 11.5. The third kappa shape index (κ3) is 6.85. The molecule has 23 heavy (non-hydrogen) atoms. The highest BCUT2D eigenvalue weighted by Crippen LogP contribution is 2.15. The minimum absolute atomic E-state index is 0.00492. The Hall–Kier alpha value is -1.84. The third-order valence-electron chi connectivity index (χ3n) is 3.40. The number of ether oxygens (including phenoxy) is 2. The van der Waals surface area contributed by atoms with E-state index in [9.17, 15) is 0 Å². The van der Waals surface area contributed by atoms with Crippen LogP contribution in [0.3, 0.4) is 0 Å². The molecule has 0 bridgehead atoms. The lowest BCUT2D eigenvalue weighted by Gasteiger charge is -2.22. The second-order valence-corrected chi connectivity index (χ2v) is 6.81. The fourth-order valence-corrected chi connectivity index (χ4v) is 2.18. The first-order valence-corrected chi connectivity index (χ1v) is 8.07. The number of rotatable bonds is 7. The summed E-state index contributed by atoms with van der Waals surface area (Å²) in [5, 5.41) is 0. The van der Waals surface area contributed by atoms with E-state index in [2.05, 4.69) is 24.3 Å². The summed E-state index contributed by atoms with van der Waals surface area (Å²) in [5.41, 5.74) is 8.34. The lowest BCUT2D eigenvalue weighted by molar-refractivity contribution is -0.00983. The molecule has 1 atom stereocenters. The summed E-state index contributed by atoms with van der Waals surface area (Å²) in [6.45, 7) is 7.27. The van der Waals surface area contributed by atoms with Crippen LogP contribution in [0.1, 0.15) is 31.9 Å². The van der Waals surface area contributed by atoms with Crippen molar-refractivity contribution in [2.45, 2.75) is 45.4 Å². The van der Waals surface area contributed by atoms with Crippen LogP contribution in [0.4, 0.5) is 0 Å². The van der Waals surface area contributed by atoms with Gasteiger partial charge in [0.15, 0.2) is 0 Å². The maximum Gasteiger partial charge on any atom is 0.119 e. The summed E-state index contributed by atoms with van der Waals surface area (Å²) in [6, 6.07) is 18.3. The lowest BCUT2D eigenvalue weighted by Crippen LogP contribution is -2.33. The van der Waals surface area contributed by atoms with Gasteiger partial charge in [-0.25, -0.2) is 0 Å². The van der Waals surface area contributed by atoms with Gasteiger partial charge in [-0.2, -0.15) is 0 Å². The van der Waals surface area contributed by atoms with E-state index in [0.717, 1.165) is 17.7 Å². The zero-order valence-corrected chi connectivity index (χ0v) is 14.3.